The quantitative estimate of drug-likeness (QED) is 0.873. The van der Waals surface area contributed by atoms with E-state index in [-0.39, 0.29) is 18.5 Å². The molecule has 0 unspecified atom stereocenters. The number of nitrogens with two attached hydrogens (primary N) is 1. The fourth-order valence-electron chi connectivity index (χ4n) is 2.28. The Morgan fingerprint density at radius 2 is 2.05 bits per heavy atom. The van der Waals surface area contributed by atoms with Crippen molar-refractivity contribution < 1.29 is 9.59 Å². The van der Waals surface area contributed by atoms with Crippen LogP contribution < -0.4 is 11.1 Å². The smallest absolute Gasteiger partial charge is 0.257 e. The summed E-state index contributed by atoms with van der Waals surface area (Å²) in [6, 6.07) is 6.52. The standard InChI is InChI=1S/C14H18ClN3O2/c15-11-5-3-10(4-6-11)14(20)17-13(19)9-18-7-1-2-12(16)8-18/h3-6,12H,1-2,7-9,16H2,(H,17,19,20)/t12-/m1/s1. The zero-order chi connectivity index (χ0) is 14.5. The number of hydrogen-bond acceptors (Lipinski definition) is 4. The summed E-state index contributed by atoms with van der Waals surface area (Å²) in [6.45, 7) is 1.74. The van der Waals surface area contributed by atoms with E-state index >= 15 is 0 Å². The predicted octanol–water partition coefficient (Wildman–Crippen LogP) is 1.02. The molecule has 108 valence electrons. The lowest BCUT2D eigenvalue weighted by Crippen LogP contribution is -2.47. The van der Waals surface area contributed by atoms with Gasteiger partial charge in [0.15, 0.2) is 0 Å². The third kappa shape index (κ3) is 4.30. The Kier molecular flexibility index (Phi) is 5.11. The lowest BCUT2D eigenvalue weighted by Gasteiger charge is -2.29. The number of amides is 2. The number of rotatable bonds is 3. The molecule has 1 aliphatic rings. The third-order valence-electron chi connectivity index (χ3n) is 3.27. The second-order valence-corrected chi connectivity index (χ2v) is 5.46. The molecule has 0 spiro atoms. The normalized spacial score (nSPS) is 19.6. The number of imide groups is 1. The maximum atomic E-state index is 11.9. The van der Waals surface area contributed by atoms with E-state index in [9.17, 15) is 9.59 Å². The first-order chi connectivity index (χ1) is 9.54. The number of carbonyl (C=O) groups is 2. The van der Waals surface area contributed by atoms with Crippen LogP contribution in [0.15, 0.2) is 24.3 Å². The maximum absolute atomic E-state index is 11.9. The van der Waals surface area contributed by atoms with Crippen LogP contribution in [-0.2, 0) is 4.79 Å². The highest BCUT2D eigenvalue weighted by Crippen LogP contribution is 2.10. The van der Waals surface area contributed by atoms with Gasteiger partial charge in [0, 0.05) is 23.2 Å². The summed E-state index contributed by atoms with van der Waals surface area (Å²) in [6.07, 6.45) is 1.97. The van der Waals surface area contributed by atoms with E-state index in [4.69, 9.17) is 17.3 Å². The van der Waals surface area contributed by atoms with E-state index in [1.54, 1.807) is 24.3 Å². The van der Waals surface area contributed by atoms with Crippen LogP contribution >= 0.6 is 11.6 Å². The largest absolute Gasteiger partial charge is 0.327 e. The monoisotopic (exact) mass is 295 g/mol. The summed E-state index contributed by atoms with van der Waals surface area (Å²) in [7, 11) is 0. The average Bonchev–Trinajstić information content (AvgIpc) is 2.39. The molecule has 2 rings (SSSR count). The van der Waals surface area contributed by atoms with E-state index in [0.29, 0.717) is 17.1 Å². The summed E-state index contributed by atoms with van der Waals surface area (Å²) in [5, 5.41) is 2.93. The van der Waals surface area contributed by atoms with Crippen LogP contribution in [-0.4, -0.2) is 42.4 Å². The van der Waals surface area contributed by atoms with E-state index in [1.807, 2.05) is 4.90 Å². The summed E-state index contributed by atoms with van der Waals surface area (Å²) in [5.74, 6) is -0.716. The Labute approximate surface area is 123 Å². The summed E-state index contributed by atoms with van der Waals surface area (Å²) in [4.78, 5) is 25.7. The fraction of sp³-hybridized carbons (Fsp3) is 0.429. The van der Waals surface area contributed by atoms with Crippen molar-refractivity contribution in [3.05, 3.63) is 34.9 Å². The van der Waals surface area contributed by atoms with Crippen molar-refractivity contribution in [2.24, 2.45) is 5.73 Å². The van der Waals surface area contributed by atoms with Gasteiger partial charge in [-0.25, -0.2) is 0 Å². The van der Waals surface area contributed by atoms with Crippen molar-refractivity contribution in [2.45, 2.75) is 18.9 Å². The van der Waals surface area contributed by atoms with Crippen LogP contribution in [0.1, 0.15) is 23.2 Å². The van der Waals surface area contributed by atoms with Crippen molar-refractivity contribution in [2.75, 3.05) is 19.6 Å². The summed E-state index contributed by atoms with van der Waals surface area (Å²) < 4.78 is 0. The molecule has 0 aliphatic carbocycles. The molecule has 0 aromatic heterocycles. The molecule has 1 aliphatic heterocycles. The molecule has 1 fully saturated rings. The fourth-order valence-corrected chi connectivity index (χ4v) is 2.40. The molecular weight excluding hydrogens is 278 g/mol. The topological polar surface area (TPSA) is 75.4 Å². The Bertz CT molecular complexity index is 490. The van der Waals surface area contributed by atoms with Gasteiger partial charge in [-0.15, -0.1) is 0 Å². The van der Waals surface area contributed by atoms with Gasteiger partial charge in [0.25, 0.3) is 5.91 Å². The summed E-state index contributed by atoms with van der Waals surface area (Å²) in [5.41, 5.74) is 6.27. The Morgan fingerprint density at radius 3 is 2.70 bits per heavy atom. The molecule has 5 nitrogen and oxygen atoms in total. The molecule has 1 heterocycles. The highest BCUT2D eigenvalue weighted by molar-refractivity contribution is 6.30. The highest BCUT2D eigenvalue weighted by atomic mass is 35.5. The zero-order valence-electron chi connectivity index (χ0n) is 11.1. The Balaban J connectivity index is 1.84. The number of hydrogen-bond donors (Lipinski definition) is 2. The van der Waals surface area contributed by atoms with Crippen LogP contribution in [0.25, 0.3) is 0 Å². The first kappa shape index (κ1) is 15.0. The second-order valence-electron chi connectivity index (χ2n) is 5.02. The number of likely N-dealkylation sites (tertiary alicyclic amines) is 1. The predicted molar refractivity (Wildman–Crippen MR) is 77.6 cm³/mol. The molecule has 0 bridgehead atoms. The van der Waals surface area contributed by atoms with Crippen LogP contribution in [0.4, 0.5) is 0 Å². The highest BCUT2D eigenvalue weighted by Gasteiger charge is 2.20. The molecule has 1 saturated heterocycles. The van der Waals surface area contributed by atoms with Gasteiger partial charge in [-0.3, -0.25) is 19.8 Å². The van der Waals surface area contributed by atoms with Gasteiger partial charge in [-0.1, -0.05) is 11.6 Å². The van der Waals surface area contributed by atoms with Crippen molar-refractivity contribution in [1.29, 1.82) is 0 Å². The zero-order valence-corrected chi connectivity index (χ0v) is 11.9. The van der Waals surface area contributed by atoms with Crippen LogP contribution in [0, 0.1) is 0 Å². The molecular formula is C14H18ClN3O2. The molecule has 2 amide bonds. The first-order valence-electron chi connectivity index (χ1n) is 6.62. The second kappa shape index (κ2) is 6.83. The van der Waals surface area contributed by atoms with E-state index in [2.05, 4.69) is 5.32 Å². The molecule has 20 heavy (non-hydrogen) atoms. The van der Waals surface area contributed by atoms with E-state index in [0.717, 1.165) is 19.4 Å². The lowest BCUT2D eigenvalue weighted by molar-refractivity contribution is -0.121. The molecule has 1 aromatic rings. The van der Waals surface area contributed by atoms with E-state index in [1.165, 1.54) is 0 Å². The van der Waals surface area contributed by atoms with Crippen molar-refractivity contribution in [3.8, 4) is 0 Å². The molecule has 1 aromatic carbocycles. The van der Waals surface area contributed by atoms with Crippen molar-refractivity contribution >= 4 is 23.4 Å². The number of halogens is 1. The minimum Gasteiger partial charge on any atom is -0.327 e. The van der Waals surface area contributed by atoms with Gasteiger partial charge >= 0.3 is 0 Å². The van der Waals surface area contributed by atoms with Gasteiger partial charge in [0.05, 0.1) is 6.54 Å². The summed E-state index contributed by atoms with van der Waals surface area (Å²) >= 11 is 5.75. The molecule has 0 radical (unpaired) electrons. The van der Waals surface area contributed by atoms with Crippen LogP contribution in [0.2, 0.25) is 5.02 Å². The van der Waals surface area contributed by atoms with E-state index < -0.39 is 5.91 Å². The maximum Gasteiger partial charge on any atom is 0.257 e. The number of nitrogens with zero attached hydrogens (tertiary/aromatic N) is 1. The Morgan fingerprint density at radius 1 is 1.35 bits per heavy atom. The SMILES string of the molecule is N[C@@H]1CCCN(CC(=O)NC(=O)c2ccc(Cl)cc2)C1. The van der Waals surface area contributed by atoms with Gasteiger partial charge in [-0.05, 0) is 43.7 Å². The third-order valence-corrected chi connectivity index (χ3v) is 3.52. The number of carbonyl (C=O) groups excluding carboxylic acids is 2. The molecule has 1 atom stereocenters. The minimum absolute atomic E-state index is 0.114. The Hall–Kier alpha value is -1.43. The molecule has 6 heteroatoms. The van der Waals surface area contributed by atoms with Crippen molar-refractivity contribution in [1.82, 2.24) is 10.2 Å². The average molecular weight is 296 g/mol. The number of piperidine rings is 1. The molecule has 3 N–H and O–H groups in total. The minimum atomic E-state index is -0.409. The van der Waals surface area contributed by atoms with Gasteiger partial charge in [0.1, 0.15) is 0 Å². The first-order valence-corrected chi connectivity index (χ1v) is 7.00. The lowest BCUT2D eigenvalue weighted by atomic mass is 10.1. The number of benzene rings is 1. The van der Waals surface area contributed by atoms with Crippen LogP contribution in [0.3, 0.4) is 0 Å². The van der Waals surface area contributed by atoms with Crippen LogP contribution in [0.5, 0.6) is 0 Å². The van der Waals surface area contributed by atoms with Gasteiger partial charge < -0.3 is 5.73 Å². The van der Waals surface area contributed by atoms with Crippen molar-refractivity contribution in [3.63, 3.8) is 0 Å². The molecule has 0 saturated carbocycles. The van der Waals surface area contributed by atoms with Gasteiger partial charge in [-0.2, -0.15) is 0 Å². The number of nitrogens with one attached hydrogen (secondary N) is 1. The van der Waals surface area contributed by atoms with Gasteiger partial charge in [0.2, 0.25) is 5.91 Å².